The molecule has 7 nitrogen and oxygen atoms in total. The van der Waals surface area contributed by atoms with Crippen molar-refractivity contribution in [3.05, 3.63) is 29.8 Å². The van der Waals surface area contributed by atoms with Gasteiger partial charge in [0, 0.05) is 11.3 Å². The van der Waals surface area contributed by atoms with E-state index in [4.69, 9.17) is 14.9 Å². The first kappa shape index (κ1) is 19.8. The van der Waals surface area contributed by atoms with Gasteiger partial charge in [0.05, 0.1) is 12.4 Å². The van der Waals surface area contributed by atoms with Crippen molar-refractivity contribution >= 4 is 29.6 Å². The van der Waals surface area contributed by atoms with Crippen LogP contribution < -0.4 is 10.1 Å². The summed E-state index contributed by atoms with van der Waals surface area (Å²) in [6.07, 6.45) is 1.97. The Morgan fingerprint density at radius 3 is 2.42 bits per heavy atom. The number of rotatable bonds is 11. The van der Waals surface area contributed by atoms with Gasteiger partial charge in [0.25, 0.3) is 5.91 Å². The molecule has 1 aromatic rings. The van der Waals surface area contributed by atoms with Crippen molar-refractivity contribution in [2.24, 2.45) is 0 Å². The maximum atomic E-state index is 12.1. The summed E-state index contributed by atoms with van der Waals surface area (Å²) < 4.78 is 5.49. The monoisotopic (exact) mass is 355 g/mol. The lowest BCUT2D eigenvalue weighted by molar-refractivity contribution is -0.138. The van der Waals surface area contributed by atoms with E-state index in [1.54, 1.807) is 24.3 Å². The first-order valence-electron chi connectivity index (χ1n) is 7.50. The van der Waals surface area contributed by atoms with Crippen LogP contribution in [0.3, 0.4) is 0 Å². The molecule has 1 unspecified atom stereocenters. The summed E-state index contributed by atoms with van der Waals surface area (Å²) in [5.41, 5.74) is 0.312. The van der Waals surface area contributed by atoms with E-state index in [0.29, 0.717) is 17.9 Å². The highest BCUT2D eigenvalue weighted by atomic mass is 32.2. The molecule has 1 atom stereocenters. The van der Waals surface area contributed by atoms with Crippen molar-refractivity contribution in [2.75, 3.05) is 18.1 Å². The van der Waals surface area contributed by atoms with Crippen molar-refractivity contribution < 1.29 is 29.3 Å². The molecule has 0 aliphatic carbocycles. The number of ether oxygens (including phenoxy) is 1. The highest BCUT2D eigenvalue weighted by molar-refractivity contribution is 8.00. The fraction of sp³-hybridized carbons (Fsp3) is 0.438. The molecule has 1 rings (SSSR count). The molecule has 0 saturated heterocycles. The molecule has 0 heterocycles. The molecule has 0 radical (unpaired) electrons. The van der Waals surface area contributed by atoms with Crippen LogP contribution in [-0.4, -0.2) is 52.2 Å². The molecule has 0 aliphatic heterocycles. The summed E-state index contributed by atoms with van der Waals surface area (Å²) in [5, 5.41) is 20.0. The van der Waals surface area contributed by atoms with E-state index in [0.717, 1.165) is 24.6 Å². The second kappa shape index (κ2) is 10.5. The molecule has 24 heavy (non-hydrogen) atoms. The molecule has 0 spiro atoms. The number of nitrogens with one attached hydrogen (secondary N) is 1. The minimum atomic E-state index is -1.21. The van der Waals surface area contributed by atoms with Gasteiger partial charge in [-0.3, -0.25) is 9.59 Å². The number of hydrogen-bond acceptors (Lipinski definition) is 5. The van der Waals surface area contributed by atoms with Crippen LogP contribution in [0, 0.1) is 0 Å². The molecule has 132 valence electrons. The lowest BCUT2D eigenvalue weighted by atomic mass is 10.2. The Bertz CT molecular complexity index is 560. The maximum Gasteiger partial charge on any atom is 0.327 e. The zero-order valence-electron chi connectivity index (χ0n) is 13.4. The third kappa shape index (κ3) is 7.36. The number of unbranched alkanes of at least 4 members (excludes halogenated alkanes) is 1. The Kier molecular flexibility index (Phi) is 8.70. The van der Waals surface area contributed by atoms with Gasteiger partial charge in [0.2, 0.25) is 0 Å². The SMILES string of the molecule is CCCCOc1ccc(C(=O)NC(CSCC(=O)O)C(=O)O)cc1. The predicted octanol–water partition coefficient (Wildman–Crippen LogP) is 1.87. The zero-order chi connectivity index (χ0) is 17.9. The molecular formula is C16H21NO6S. The Morgan fingerprint density at radius 1 is 1.21 bits per heavy atom. The lowest BCUT2D eigenvalue weighted by Gasteiger charge is -2.14. The second-order valence-electron chi connectivity index (χ2n) is 5.00. The Balaban J connectivity index is 2.57. The van der Waals surface area contributed by atoms with Crippen LogP contribution in [0.25, 0.3) is 0 Å². The molecule has 1 amide bonds. The highest BCUT2D eigenvalue weighted by Gasteiger charge is 2.21. The number of carbonyl (C=O) groups is 3. The van der Waals surface area contributed by atoms with Crippen molar-refractivity contribution in [1.82, 2.24) is 5.32 Å². The minimum absolute atomic E-state index is 0.0222. The number of carbonyl (C=O) groups excluding carboxylic acids is 1. The average molecular weight is 355 g/mol. The van der Waals surface area contributed by atoms with E-state index in [9.17, 15) is 14.4 Å². The van der Waals surface area contributed by atoms with E-state index in [2.05, 4.69) is 12.2 Å². The van der Waals surface area contributed by atoms with Crippen LogP contribution in [-0.2, 0) is 9.59 Å². The maximum absolute atomic E-state index is 12.1. The van der Waals surface area contributed by atoms with Crippen LogP contribution in [0.1, 0.15) is 30.1 Å². The smallest absolute Gasteiger partial charge is 0.327 e. The molecule has 3 N–H and O–H groups in total. The van der Waals surface area contributed by atoms with Crippen molar-refractivity contribution in [3.8, 4) is 5.75 Å². The summed E-state index contributed by atoms with van der Waals surface area (Å²) in [6.45, 7) is 2.66. The lowest BCUT2D eigenvalue weighted by Crippen LogP contribution is -2.42. The van der Waals surface area contributed by atoms with Gasteiger partial charge in [-0.2, -0.15) is 0 Å². The number of aliphatic carboxylic acids is 2. The summed E-state index contributed by atoms with van der Waals surface area (Å²) in [6, 6.07) is 5.26. The molecule has 1 aromatic carbocycles. The quantitative estimate of drug-likeness (QED) is 0.519. The average Bonchev–Trinajstić information content (AvgIpc) is 2.54. The number of thioether (sulfide) groups is 1. The Morgan fingerprint density at radius 2 is 1.88 bits per heavy atom. The standard InChI is InChI=1S/C16H21NO6S/c1-2-3-8-23-12-6-4-11(5-7-12)15(20)17-13(16(21)22)9-24-10-14(18)19/h4-7,13H,2-3,8-10H2,1H3,(H,17,20)(H,18,19)(H,21,22). The van der Waals surface area contributed by atoms with Crippen LogP contribution in [0.2, 0.25) is 0 Å². The van der Waals surface area contributed by atoms with E-state index in [1.807, 2.05) is 0 Å². The van der Waals surface area contributed by atoms with Gasteiger partial charge in [0.15, 0.2) is 0 Å². The van der Waals surface area contributed by atoms with Gasteiger partial charge in [-0.25, -0.2) is 4.79 Å². The van der Waals surface area contributed by atoms with Crippen molar-refractivity contribution in [1.29, 1.82) is 0 Å². The third-order valence-corrected chi connectivity index (χ3v) is 4.02. The van der Waals surface area contributed by atoms with Gasteiger partial charge < -0.3 is 20.3 Å². The van der Waals surface area contributed by atoms with E-state index < -0.39 is 23.9 Å². The molecule has 8 heteroatoms. The molecular weight excluding hydrogens is 334 g/mol. The van der Waals surface area contributed by atoms with E-state index in [1.165, 1.54) is 0 Å². The van der Waals surface area contributed by atoms with Gasteiger partial charge in [-0.1, -0.05) is 13.3 Å². The zero-order valence-corrected chi connectivity index (χ0v) is 14.2. The molecule has 0 saturated carbocycles. The van der Waals surface area contributed by atoms with Gasteiger partial charge in [-0.15, -0.1) is 11.8 Å². The van der Waals surface area contributed by atoms with Crippen molar-refractivity contribution in [3.63, 3.8) is 0 Å². The third-order valence-electron chi connectivity index (χ3n) is 3.00. The van der Waals surface area contributed by atoms with Crippen LogP contribution in [0.4, 0.5) is 0 Å². The first-order valence-corrected chi connectivity index (χ1v) is 8.65. The molecule has 0 fully saturated rings. The predicted molar refractivity (Wildman–Crippen MR) is 90.7 cm³/mol. The Labute approximate surface area is 144 Å². The number of amides is 1. The number of carboxylic acids is 2. The highest BCUT2D eigenvalue weighted by Crippen LogP contribution is 2.13. The van der Waals surface area contributed by atoms with Gasteiger partial charge in [-0.05, 0) is 30.7 Å². The molecule has 0 aliphatic rings. The topological polar surface area (TPSA) is 113 Å². The first-order chi connectivity index (χ1) is 11.4. The fourth-order valence-electron chi connectivity index (χ4n) is 1.72. The summed E-state index contributed by atoms with van der Waals surface area (Å²) >= 11 is 0.934. The number of carboxylic acid groups (broad SMARTS) is 2. The van der Waals surface area contributed by atoms with Crippen LogP contribution in [0.15, 0.2) is 24.3 Å². The van der Waals surface area contributed by atoms with Gasteiger partial charge >= 0.3 is 11.9 Å². The van der Waals surface area contributed by atoms with E-state index in [-0.39, 0.29) is 11.5 Å². The molecule has 0 aromatic heterocycles. The van der Waals surface area contributed by atoms with Gasteiger partial charge in [0.1, 0.15) is 11.8 Å². The Hall–Kier alpha value is -2.22. The largest absolute Gasteiger partial charge is 0.494 e. The second-order valence-corrected chi connectivity index (χ2v) is 6.03. The number of benzene rings is 1. The van der Waals surface area contributed by atoms with Crippen LogP contribution in [0.5, 0.6) is 5.75 Å². The summed E-state index contributed by atoms with van der Waals surface area (Å²) in [4.78, 5) is 33.7. The van der Waals surface area contributed by atoms with E-state index >= 15 is 0 Å². The summed E-state index contributed by atoms with van der Waals surface area (Å²) in [7, 11) is 0. The normalized spacial score (nSPS) is 11.5. The fourth-order valence-corrected chi connectivity index (χ4v) is 2.47. The minimum Gasteiger partial charge on any atom is -0.494 e. The summed E-state index contributed by atoms with van der Waals surface area (Å²) in [5.74, 6) is -2.37. The van der Waals surface area contributed by atoms with Crippen LogP contribution >= 0.6 is 11.8 Å². The number of hydrogen-bond donors (Lipinski definition) is 3. The molecule has 0 bridgehead atoms. The van der Waals surface area contributed by atoms with Crippen molar-refractivity contribution in [2.45, 2.75) is 25.8 Å².